The molecule has 2 aromatic carbocycles. The highest BCUT2D eigenvalue weighted by atomic mass is 32.1. The normalized spacial score (nSPS) is 10.3. The van der Waals surface area contributed by atoms with Crippen molar-refractivity contribution in [3.05, 3.63) is 54.1 Å². The largest absolute Gasteiger partial charge is 0.299 e. The summed E-state index contributed by atoms with van der Waals surface area (Å²) in [5.41, 5.74) is 4.14. The number of hydrogen-bond acceptors (Lipinski definition) is 3. The smallest absolute Gasteiger partial charge is 0.137 e. The van der Waals surface area contributed by atoms with Crippen LogP contribution in [-0.4, -0.2) is 5.78 Å². The Morgan fingerprint density at radius 2 is 1.57 bits per heavy atom. The second-order valence-electron chi connectivity index (χ2n) is 5.15. The first-order valence-electron chi connectivity index (χ1n) is 7.27. The molecule has 21 heavy (non-hydrogen) atoms. The molecule has 0 amide bonds. The van der Waals surface area contributed by atoms with E-state index in [1.165, 1.54) is 0 Å². The summed E-state index contributed by atoms with van der Waals surface area (Å²) in [5.74, 6) is 0.320. The zero-order valence-electron chi connectivity index (χ0n) is 12.2. The summed E-state index contributed by atoms with van der Waals surface area (Å²) in [6.45, 7) is 2.10. The molecule has 0 unspecified atom stereocenters. The molecule has 0 atom stereocenters. The number of hydrogen-bond donors (Lipinski definition) is 0. The van der Waals surface area contributed by atoms with E-state index in [0.717, 1.165) is 35.2 Å². The standard InChI is InChI=1S/C18H19NOS/c1-2-3-4-18(20)13-14-5-7-15(8-6-14)16-9-11-17(19-21)12-10-16/h5-12H,2-4,13H2,1H3. The van der Waals surface area contributed by atoms with E-state index in [2.05, 4.69) is 35.8 Å². The lowest BCUT2D eigenvalue weighted by molar-refractivity contribution is -0.118. The van der Waals surface area contributed by atoms with Crippen molar-refractivity contribution in [2.75, 3.05) is 0 Å². The lowest BCUT2D eigenvalue weighted by atomic mass is 10.0. The van der Waals surface area contributed by atoms with Crippen LogP contribution in [0.25, 0.3) is 11.1 Å². The minimum atomic E-state index is 0.320. The maximum Gasteiger partial charge on any atom is 0.137 e. The van der Waals surface area contributed by atoms with Gasteiger partial charge in [-0.15, -0.1) is 0 Å². The van der Waals surface area contributed by atoms with Gasteiger partial charge in [0.05, 0.1) is 5.69 Å². The van der Waals surface area contributed by atoms with Gasteiger partial charge in [0.1, 0.15) is 5.78 Å². The highest BCUT2D eigenvalue weighted by Crippen LogP contribution is 2.23. The molecule has 0 aromatic heterocycles. The summed E-state index contributed by atoms with van der Waals surface area (Å²) in [5, 5.41) is 0. The van der Waals surface area contributed by atoms with Crippen LogP contribution in [0.2, 0.25) is 0 Å². The Morgan fingerprint density at radius 1 is 1.00 bits per heavy atom. The number of Topliss-reactive ketones (excluding diaryl/α,β-unsaturated/α-hetero) is 1. The van der Waals surface area contributed by atoms with E-state index in [0.29, 0.717) is 18.6 Å². The fourth-order valence-electron chi connectivity index (χ4n) is 2.22. The maximum absolute atomic E-state index is 11.8. The van der Waals surface area contributed by atoms with Gasteiger partial charge in [0.2, 0.25) is 0 Å². The Labute approximate surface area is 131 Å². The second-order valence-corrected chi connectivity index (χ2v) is 5.34. The number of benzene rings is 2. The fraction of sp³-hybridized carbons (Fsp3) is 0.278. The number of nitrogens with zero attached hydrogens (tertiary/aromatic N) is 1. The Morgan fingerprint density at radius 3 is 2.10 bits per heavy atom. The van der Waals surface area contributed by atoms with Crippen molar-refractivity contribution in [1.29, 1.82) is 0 Å². The van der Waals surface area contributed by atoms with Gasteiger partial charge in [-0.2, -0.15) is 4.36 Å². The van der Waals surface area contributed by atoms with Crippen molar-refractivity contribution < 1.29 is 4.79 Å². The van der Waals surface area contributed by atoms with E-state index in [1.807, 2.05) is 36.4 Å². The predicted molar refractivity (Wildman–Crippen MR) is 89.6 cm³/mol. The quantitative estimate of drug-likeness (QED) is 0.718. The number of rotatable bonds is 7. The van der Waals surface area contributed by atoms with E-state index >= 15 is 0 Å². The summed E-state index contributed by atoms with van der Waals surface area (Å²) in [6.07, 6.45) is 3.27. The van der Waals surface area contributed by atoms with Gasteiger partial charge in [0, 0.05) is 25.3 Å². The zero-order valence-corrected chi connectivity index (χ0v) is 13.0. The molecule has 0 radical (unpaired) electrons. The number of ketones is 1. The molecule has 0 saturated carbocycles. The average molecular weight is 297 g/mol. The van der Waals surface area contributed by atoms with E-state index in [4.69, 9.17) is 0 Å². The van der Waals surface area contributed by atoms with Crippen LogP contribution >= 0.6 is 0 Å². The number of carbonyl (C=O) groups excluding carboxylic acids is 1. The molecule has 0 saturated heterocycles. The highest BCUT2D eigenvalue weighted by molar-refractivity contribution is 7.47. The summed E-state index contributed by atoms with van der Waals surface area (Å²) in [6, 6.07) is 16.0. The van der Waals surface area contributed by atoms with Crippen molar-refractivity contribution in [3.8, 4) is 11.1 Å². The Kier molecular flexibility index (Phi) is 5.76. The minimum absolute atomic E-state index is 0.320. The second kappa shape index (κ2) is 7.79. The molecule has 2 nitrogen and oxygen atoms in total. The Hall–Kier alpha value is -1.87. The van der Waals surface area contributed by atoms with E-state index < -0.39 is 0 Å². The fourth-order valence-corrected chi connectivity index (χ4v) is 2.34. The molecular formula is C18H19NOS. The molecular weight excluding hydrogens is 278 g/mol. The molecule has 0 heterocycles. The summed E-state index contributed by atoms with van der Waals surface area (Å²) in [4.78, 5) is 11.8. The van der Waals surface area contributed by atoms with Crippen LogP contribution in [0.5, 0.6) is 0 Å². The highest BCUT2D eigenvalue weighted by Gasteiger charge is 2.04. The number of carbonyl (C=O) groups is 1. The summed E-state index contributed by atoms with van der Waals surface area (Å²) < 4.78 is 3.72. The van der Waals surface area contributed by atoms with Crippen LogP contribution in [0.1, 0.15) is 31.7 Å². The van der Waals surface area contributed by atoms with Crippen molar-refractivity contribution in [1.82, 2.24) is 0 Å². The minimum Gasteiger partial charge on any atom is -0.299 e. The lowest BCUT2D eigenvalue weighted by Gasteiger charge is -2.05. The molecule has 0 aliphatic carbocycles. The van der Waals surface area contributed by atoms with Gasteiger partial charge in [0.25, 0.3) is 0 Å². The molecule has 2 aromatic rings. The van der Waals surface area contributed by atoms with Crippen molar-refractivity contribution in [2.24, 2.45) is 4.36 Å². The molecule has 0 bridgehead atoms. The molecule has 0 aliphatic rings. The van der Waals surface area contributed by atoms with Crippen LogP contribution in [0.15, 0.2) is 52.9 Å². The van der Waals surface area contributed by atoms with E-state index in [-0.39, 0.29) is 0 Å². The molecule has 0 spiro atoms. The molecule has 2 rings (SSSR count). The first kappa shape index (κ1) is 15.5. The van der Waals surface area contributed by atoms with Gasteiger partial charge in [0.15, 0.2) is 0 Å². The van der Waals surface area contributed by atoms with Crippen LogP contribution in [-0.2, 0) is 23.6 Å². The van der Waals surface area contributed by atoms with Gasteiger partial charge >= 0.3 is 0 Å². The van der Waals surface area contributed by atoms with Crippen molar-refractivity contribution >= 4 is 23.9 Å². The molecule has 3 heteroatoms. The van der Waals surface area contributed by atoms with Crippen LogP contribution in [0.4, 0.5) is 5.69 Å². The Balaban J connectivity index is 2.04. The van der Waals surface area contributed by atoms with Gasteiger partial charge in [-0.05, 0) is 35.2 Å². The van der Waals surface area contributed by atoms with Crippen LogP contribution in [0.3, 0.4) is 0 Å². The molecule has 0 fully saturated rings. The molecule has 108 valence electrons. The average Bonchev–Trinajstić information content (AvgIpc) is 2.54. The molecule has 0 N–H and O–H groups in total. The number of unbranched alkanes of at least 4 members (excludes halogenated alkanes) is 1. The SMILES string of the molecule is CCCCC(=O)Cc1ccc(-c2ccc(N=S)cc2)cc1. The summed E-state index contributed by atoms with van der Waals surface area (Å²) >= 11 is 4.66. The van der Waals surface area contributed by atoms with Crippen molar-refractivity contribution in [3.63, 3.8) is 0 Å². The van der Waals surface area contributed by atoms with Crippen LogP contribution in [0, 0.1) is 0 Å². The van der Waals surface area contributed by atoms with Gasteiger partial charge in [-0.25, -0.2) is 0 Å². The van der Waals surface area contributed by atoms with Crippen molar-refractivity contribution in [2.45, 2.75) is 32.6 Å². The third-order valence-electron chi connectivity index (χ3n) is 3.47. The van der Waals surface area contributed by atoms with Gasteiger partial charge in [-0.1, -0.05) is 49.7 Å². The Bertz CT molecular complexity index is 602. The van der Waals surface area contributed by atoms with Crippen LogP contribution < -0.4 is 0 Å². The summed E-state index contributed by atoms with van der Waals surface area (Å²) in [7, 11) is 0. The van der Waals surface area contributed by atoms with Gasteiger partial charge < -0.3 is 0 Å². The predicted octanol–water partition coefficient (Wildman–Crippen LogP) is 5.02. The lowest BCUT2D eigenvalue weighted by Crippen LogP contribution is -2.02. The molecule has 0 aliphatic heterocycles. The van der Waals surface area contributed by atoms with E-state index in [1.54, 1.807) is 0 Å². The third-order valence-corrected chi connectivity index (χ3v) is 3.68. The topological polar surface area (TPSA) is 29.4 Å². The van der Waals surface area contributed by atoms with E-state index in [9.17, 15) is 4.79 Å². The first-order valence-corrected chi connectivity index (χ1v) is 7.64. The van der Waals surface area contributed by atoms with Gasteiger partial charge in [-0.3, -0.25) is 4.79 Å². The zero-order chi connectivity index (χ0) is 15.1. The maximum atomic E-state index is 11.8. The first-order chi connectivity index (χ1) is 10.2. The third kappa shape index (κ3) is 4.57. The monoisotopic (exact) mass is 297 g/mol.